The molecule has 96 valence electrons. The minimum atomic E-state index is -5.00. The van der Waals surface area contributed by atoms with E-state index >= 15 is 0 Å². The van der Waals surface area contributed by atoms with Gasteiger partial charge < -0.3 is 9.47 Å². The molecule has 0 spiro atoms. The maximum atomic E-state index is 12.5. The molecular weight excluding hydrogens is 249 g/mol. The second-order valence-electron chi connectivity index (χ2n) is 3.02. The number of nitrogens with zero attached hydrogens (tertiary/aromatic N) is 1. The van der Waals surface area contributed by atoms with E-state index in [1.54, 1.807) is 0 Å². The largest absolute Gasteiger partial charge is 0.573 e. The molecule has 0 aliphatic rings. The molecule has 0 atom stereocenters. The number of alkyl halides is 5. The van der Waals surface area contributed by atoms with Gasteiger partial charge in [0.2, 0.25) is 0 Å². The molecule has 0 radical (unpaired) electrons. The number of ether oxygens (including phenoxy) is 2. The summed E-state index contributed by atoms with van der Waals surface area (Å²) < 4.78 is 69.0. The van der Waals surface area contributed by atoms with Crippen LogP contribution in [0.25, 0.3) is 0 Å². The summed E-state index contributed by atoms with van der Waals surface area (Å²) in [7, 11) is 1.06. The van der Waals surface area contributed by atoms with Crippen molar-refractivity contribution in [3.8, 4) is 11.6 Å². The zero-order valence-electron chi connectivity index (χ0n) is 8.81. The third-order valence-corrected chi connectivity index (χ3v) is 1.84. The van der Waals surface area contributed by atoms with E-state index in [2.05, 4.69) is 14.5 Å². The van der Waals surface area contributed by atoms with Crippen molar-refractivity contribution in [2.24, 2.45) is 0 Å². The van der Waals surface area contributed by atoms with Crippen LogP contribution in [0.15, 0.2) is 6.07 Å². The Morgan fingerprint density at radius 1 is 1.29 bits per heavy atom. The maximum Gasteiger partial charge on any atom is 0.573 e. The highest BCUT2D eigenvalue weighted by molar-refractivity contribution is 5.40. The molecule has 1 aromatic heterocycles. The van der Waals surface area contributed by atoms with Crippen molar-refractivity contribution in [2.45, 2.75) is 19.7 Å². The number of aromatic nitrogens is 1. The van der Waals surface area contributed by atoms with Crippen molar-refractivity contribution in [3.63, 3.8) is 0 Å². The monoisotopic (exact) mass is 257 g/mol. The van der Waals surface area contributed by atoms with E-state index in [1.807, 2.05) is 0 Å². The Labute approximate surface area is 93.2 Å². The van der Waals surface area contributed by atoms with Gasteiger partial charge in [-0.3, -0.25) is 0 Å². The highest BCUT2D eigenvalue weighted by atomic mass is 19.4. The predicted molar refractivity (Wildman–Crippen MR) is 47.2 cm³/mol. The van der Waals surface area contributed by atoms with Gasteiger partial charge in [-0.1, -0.05) is 0 Å². The van der Waals surface area contributed by atoms with E-state index in [0.717, 1.165) is 7.11 Å². The Bertz CT molecular complexity index is 405. The van der Waals surface area contributed by atoms with Gasteiger partial charge in [0.05, 0.1) is 12.8 Å². The average molecular weight is 257 g/mol. The second kappa shape index (κ2) is 4.72. The van der Waals surface area contributed by atoms with Crippen LogP contribution in [-0.4, -0.2) is 18.5 Å². The molecule has 0 aromatic carbocycles. The zero-order chi connectivity index (χ0) is 13.2. The SMILES string of the molecule is COc1nc(C)c(C(F)F)cc1OC(F)(F)F. The molecule has 0 aliphatic heterocycles. The molecule has 0 unspecified atom stereocenters. The maximum absolute atomic E-state index is 12.5. The lowest BCUT2D eigenvalue weighted by Gasteiger charge is -2.14. The second-order valence-corrected chi connectivity index (χ2v) is 3.02. The van der Waals surface area contributed by atoms with Gasteiger partial charge >= 0.3 is 6.36 Å². The summed E-state index contributed by atoms with van der Waals surface area (Å²) in [5.41, 5.74) is -0.753. The zero-order valence-corrected chi connectivity index (χ0v) is 8.81. The van der Waals surface area contributed by atoms with Crippen molar-refractivity contribution >= 4 is 0 Å². The van der Waals surface area contributed by atoms with Crippen molar-refractivity contribution in [2.75, 3.05) is 7.11 Å². The summed E-state index contributed by atoms with van der Waals surface area (Å²) in [6, 6.07) is 0.569. The van der Waals surface area contributed by atoms with E-state index in [0.29, 0.717) is 6.07 Å². The molecular formula is C9H8F5NO2. The minimum absolute atomic E-state index is 0.119. The molecule has 8 heteroatoms. The lowest BCUT2D eigenvalue weighted by atomic mass is 10.2. The third-order valence-electron chi connectivity index (χ3n) is 1.84. The summed E-state index contributed by atoms with van der Waals surface area (Å²) in [6.07, 6.45) is -7.94. The number of methoxy groups -OCH3 is 1. The molecule has 17 heavy (non-hydrogen) atoms. The van der Waals surface area contributed by atoms with Crippen LogP contribution in [-0.2, 0) is 0 Å². The normalized spacial score (nSPS) is 11.8. The smallest absolute Gasteiger partial charge is 0.478 e. The average Bonchev–Trinajstić information content (AvgIpc) is 2.17. The van der Waals surface area contributed by atoms with Gasteiger partial charge in [0.1, 0.15) is 0 Å². The van der Waals surface area contributed by atoms with Gasteiger partial charge in [0.25, 0.3) is 12.3 Å². The van der Waals surface area contributed by atoms with Crippen LogP contribution in [0, 0.1) is 6.92 Å². The lowest BCUT2D eigenvalue weighted by Crippen LogP contribution is -2.18. The van der Waals surface area contributed by atoms with E-state index in [-0.39, 0.29) is 5.69 Å². The fourth-order valence-corrected chi connectivity index (χ4v) is 1.14. The Morgan fingerprint density at radius 2 is 1.88 bits per heavy atom. The van der Waals surface area contributed by atoms with E-state index in [1.165, 1.54) is 6.92 Å². The fourth-order valence-electron chi connectivity index (χ4n) is 1.14. The number of rotatable bonds is 3. The van der Waals surface area contributed by atoms with E-state index < -0.39 is 30.0 Å². The molecule has 1 aromatic rings. The van der Waals surface area contributed by atoms with E-state index in [9.17, 15) is 22.0 Å². The molecule has 0 saturated heterocycles. The number of aryl methyl sites for hydroxylation is 1. The standard InChI is InChI=1S/C9H8F5NO2/c1-4-5(7(10)11)3-6(8(15-4)16-2)17-9(12,13)14/h3,7H,1-2H3. The van der Waals surface area contributed by atoms with Crippen LogP contribution in [0.1, 0.15) is 17.7 Å². The summed E-state index contributed by atoms with van der Waals surface area (Å²) in [4.78, 5) is 3.47. The van der Waals surface area contributed by atoms with Crippen LogP contribution in [0.2, 0.25) is 0 Å². The molecule has 3 nitrogen and oxygen atoms in total. The Hall–Kier alpha value is -1.60. The molecule has 0 aliphatic carbocycles. The molecule has 1 heterocycles. The molecule has 0 bridgehead atoms. The topological polar surface area (TPSA) is 31.4 Å². The Balaban J connectivity index is 3.22. The van der Waals surface area contributed by atoms with Crippen LogP contribution < -0.4 is 9.47 Å². The Kier molecular flexibility index (Phi) is 3.74. The molecule has 0 N–H and O–H groups in total. The van der Waals surface area contributed by atoms with Crippen LogP contribution in [0.5, 0.6) is 11.6 Å². The summed E-state index contributed by atoms with van der Waals surface area (Å²) in [5, 5.41) is 0. The van der Waals surface area contributed by atoms with Crippen molar-refractivity contribution in [1.82, 2.24) is 4.98 Å². The molecule has 1 rings (SSSR count). The van der Waals surface area contributed by atoms with Crippen molar-refractivity contribution in [3.05, 3.63) is 17.3 Å². The highest BCUT2D eigenvalue weighted by Gasteiger charge is 2.33. The lowest BCUT2D eigenvalue weighted by molar-refractivity contribution is -0.275. The number of halogens is 5. The summed E-state index contributed by atoms with van der Waals surface area (Å²) >= 11 is 0. The number of pyridine rings is 1. The van der Waals surface area contributed by atoms with Crippen molar-refractivity contribution in [1.29, 1.82) is 0 Å². The van der Waals surface area contributed by atoms with Crippen LogP contribution >= 0.6 is 0 Å². The molecule has 0 fully saturated rings. The predicted octanol–water partition coefficient (Wildman–Crippen LogP) is 3.23. The van der Waals surface area contributed by atoms with Gasteiger partial charge in [0, 0.05) is 5.56 Å². The quantitative estimate of drug-likeness (QED) is 0.779. The highest BCUT2D eigenvalue weighted by Crippen LogP contribution is 2.35. The minimum Gasteiger partial charge on any atom is -0.478 e. The van der Waals surface area contributed by atoms with Crippen LogP contribution in [0.4, 0.5) is 22.0 Å². The number of hydrogen-bond acceptors (Lipinski definition) is 3. The van der Waals surface area contributed by atoms with Gasteiger partial charge in [-0.15, -0.1) is 13.2 Å². The van der Waals surface area contributed by atoms with Gasteiger partial charge in [-0.05, 0) is 13.0 Å². The van der Waals surface area contributed by atoms with Gasteiger partial charge in [-0.2, -0.15) is 0 Å². The van der Waals surface area contributed by atoms with Gasteiger partial charge in [-0.25, -0.2) is 13.8 Å². The Morgan fingerprint density at radius 3 is 2.29 bits per heavy atom. The van der Waals surface area contributed by atoms with Crippen molar-refractivity contribution < 1.29 is 31.4 Å². The van der Waals surface area contributed by atoms with Gasteiger partial charge in [0.15, 0.2) is 5.75 Å². The first kappa shape index (κ1) is 13.5. The number of hydrogen-bond donors (Lipinski definition) is 0. The van der Waals surface area contributed by atoms with Crippen LogP contribution in [0.3, 0.4) is 0 Å². The first-order valence-corrected chi connectivity index (χ1v) is 4.34. The summed E-state index contributed by atoms with van der Waals surface area (Å²) in [5.74, 6) is -1.38. The first-order valence-electron chi connectivity index (χ1n) is 4.34. The third kappa shape index (κ3) is 3.43. The molecule has 0 saturated carbocycles. The molecule has 0 amide bonds. The fraction of sp³-hybridized carbons (Fsp3) is 0.444. The first-order chi connectivity index (χ1) is 7.74. The van der Waals surface area contributed by atoms with E-state index in [4.69, 9.17) is 0 Å². The summed E-state index contributed by atoms with van der Waals surface area (Å²) in [6.45, 7) is 1.24.